The Labute approximate surface area is 196 Å². The van der Waals surface area contributed by atoms with E-state index in [1.165, 1.54) is 69.8 Å². The Balaban J connectivity index is 1.78. The first kappa shape index (κ1) is 25.9. The van der Waals surface area contributed by atoms with Gasteiger partial charge in [0.05, 0.1) is 18.4 Å². The number of ether oxygens (including phenoxy) is 1. The van der Waals surface area contributed by atoms with Crippen molar-refractivity contribution in [1.29, 1.82) is 5.26 Å². The van der Waals surface area contributed by atoms with Crippen molar-refractivity contribution >= 4 is 0 Å². The van der Waals surface area contributed by atoms with Gasteiger partial charge in [-0.2, -0.15) is 5.26 Å². The standard InChI is InChI=1S/C29H42N2O/c1-3-5-6-7-8-9-10-11-12-13-16-26-19-21-31-28(23-26)27-17-14-15-18-29(27)32-22-20-25(4-2)24-30/h14-15,17-19,21,23,25H,3-13,16,20,22H2,1-2H3. The molecule has 3 nitrogen and oxygen atoms in total. The summed E-state index contributed by atoms with van der Waals surface area (Å²) in [5, 5.41) is 9.14. The molecule has 2 rings (SSSR count). The fraction of sp³-hybridized carbons (Fsp3) is 0.586. The predicted molar refractivity (Wildman–Crippen MR) is 135 cm³/mol. The molecule has 0 amide bonds. The summed E-state index contributed by atoms with van der Waals surface area (Å²) in [5.41, 5.74) is 3.35. The highest BCUT2D eigenvalue weighted by Crippen LogP contribution is 2.29. The number of aromatic nitrogens is 1. The summed E-state index contributed by atoms with van der Waals surface area (Å²) < 4.78 is 6.04. The second-order valence-corrected chi connectivity index (χ2v) is 8.85. The Morgan fingerprint density at radius 3 is 2.28 bits per heavy atom. The van der Waals surface area contributed by atoms with E-state index in [1.54, 1.807) is 0 Å². The minimum atomic E-state index is 0.0599. The SMILES string of the molecule is CCCCCCCCCCCCc1ccnc(-c2ccccc2OCCC(C#N)CC)c1. The van der Waals surface area contributed by atoms with Gasteiger partial charge in [-0.1, -0.05) is 83.8 Å². The number of aryl methyl sites for hydroxylation is 1. The lowest BCUT2D eigenvalue weighted by molar-refractivity contribution is 0.292. The zero-order valence-corrected chi connectivity index (χ0v) is 20.3. The Morgan fingerprint density at radius 2 is 1.59 bits per heavy atom. The largest absolute Gasteiger partial charge is 0.493 e. The summed E-state index contributed by atoms with van der Waals surface area (Å²) in [6.07, 6.45) is 18.3. The van der Waals surface area contributed by atoms with Gasteiger partial charge in [-0.15, -0.1) is 0 Å². The highest BCUT2D eigenvalue weighted by molar-refractivity contribution is 5.67. The van der Waals surface area contributed by atoms with Gasteiger partial charge >= 0.3 is 0 Å². The summed E-state index contributed by atoms with van der Waals surface area (Å²) in [7, 11) is 0. The van der Waals surface area contributed by atoms with Crippen molar-refractivity contribution in [2.45, 2.75) is 97.3 Å². The molecule has 0 bridgehead atoms. The van der Waals surface area contributed by atoms with Crippen molar-refractivity contribution in [1.82, 2.24) is 4.98 Å². The molecular formula is C29H42N2O. The lowest BCUT2D eigenvalue weighted by Crippen LogP contribution is -2.05. The van der Waals surface area contributed by atoms with Crippen molar-refractivity contribution in [2.24, 2.45) is 5.92 Å². The average Bonchev–Trinajstić information content (AvgIpc) is 2.83. The molecule has 32 heavy (non-hydrogen) atoms. The third-order valence-electron chi connectivity index (χ3n) is 6.21. The molecule has 0 radical (unpaired) electrons. The molecule has 1 atom stereocenters. The van der Waals surface area contributed by atoms with E-state index in [1.807, 2.05) is 31.3 Å². The topological polar surface area (TPSA) is 45.9 Å². The fourth-order valence-corrected chi connectivity index (χ4v) is 4.07. The average molecular weight is 435 g/mol. The molecule has 0 saturated heterocycles. The van der Waals surface area contributed by atoms with Crippen LogP contribution >= 0.6 is 0 Å². The van der Waals surface area contributed by atoms with Gasteiger partial charge in [-0.25, -0.2) is 0 Å². The van der Waals surface area contributed by atoms with Crippen molar-refractivity contribution in [3.63, 3.8) is 0 Å². The van der Waals surface area contributed by atoms with Crippen LogP contribution in [-0.4, -0.2) is 11.6 Å². The number of benzene rings is 1. The molecule has 0 aliphatic rings. The fourth-order valence-electron chi connectivity index (χ4n) is 4.07. The van der Waals surface area contributed by atoms with Crippen LogP contribution in [0.25, 0.3) is 11.3 Å². The minimum absolute atomic E-state index is 0.0599. The molecule has 0 spiro atoms. The van der Waals surface area contributed by atoms with E-state index >= 15 is 0 Å². The summed E-state index contributed by atoms with van der Waals surface area (Å²) in [6.45, 7) is 4.88. The Kier molecular flexibility index (Phi) is 13.2. The number of pyridine rings is 1. The second kappa shape index (κ2) is 16.3. The Bertz CT molecular complexity index is 796. The van der Waals surface area contributed by atoms with Crippen LogP contribution in [0.4, 0.5) is 0 Å². The van der Waals surface area contributed by atoms with Gasteiger partial charge < -0.3 is 4.74 Å². The third-order valence-corrected chi connectivity index (χ3v) is 6.21. The molecular weight excluding hydrogens is 392 g/mol. The van der Waals surface area contributed by atoms with Gasteiger partial charge in [-0.05, 0) is 55.5 Å². The molecule has 1 heterocycles. The summed E-state index contributed by atoms with van der Waals surface area (Å²) in [5.74, 6) is 0.911. The van der Waals surface area contributed by atoms with E-state index in [9.17, 15) is 0 Å². The number of para-hydroxylation sites is 1. The first-order chi connectivity index (χ1) is 15.8. The van der Waals surface area contributed by atoms with Crippen molar-refractivity contribution in [2.75, 3.05) is 6.61 Å². The number of unbranched alkanes of at least 4 members (excludes halogenated alkanes) is 9. The number of rotatable bonds is 17. The van der Waals surface area contributed by atoms with Crippen LogP contribution in [0.2, 0.25) is 0 Å². The van der Waals surface area contributed by atoms with Crippen LogP contribution in [0.5, 0.6) is 5.75 Å². The van der Waals surface area contributed by atoms with E-state index in [2.05, 4.69) is 36.2 Å². The van der Waals surface area contributed by atoms with Gasteiger partial charge in [0.15, 0.2) is 0 Å². The zero-order valence-electron chi connectivity index (χ0n) is 20.3. The van der Waals surface area contributed by atoms with Crippen LogP contribution < -0.4 is 4.74 Å². The number of hydrogen-bond donors (Lipinski definition) is 0. The third kappa shape index (κ3) is 9.86. The lowest BCUT2D eigenvalue weighted by Gasteiger charge is -2.13. The maximum absolute atomic E-state index is 9.14. The Morgan fingerprint density at radius 1 is 0.906 bits per heavy atom. The molecule has 1 unspecified atom stereocenters. The van der Waals surface area contributed by atoms with Crippen LogP contribution in [-0.2, 0) is 6.42 Å². The molecule has 0 aliphatic carbocycles. The first-order valence-corrected chi connectivity index (χ1v) is 12.8. The summed E-state index contributed by atoms with van der Waals surface area (Å²) in [4.78, 5) is 4.61. The maximum Gasteiger partial charge on any atom is 0.128 e. The summed E-state index contributed by atoms with van der Waals surface area (Å²) >= 11 is 0. The quantitative estimate of drug-likeness (QED) is 0.234. The van der Waals surface area contributed by atoms with Crippen LogP contribution in [0.3, 0.4) is 0 Å². The van der Waals surface area contributed by atoms with E-state index in [4.69, 9.17) is 10.00 Å². The van der Waals surface area contributed by atoms with Crippen LogP contribution in [0.1, 0.15) is 96.5 Å². The minimum Gasteiger partial charge on any atom is -0.493 e. The first-order valence-electron chi connectivity index (χ1n) is 12.8. The predicted octanol–water partition coefficient (Wildman–Crippen LogP) is 8.53. The number of nitrogens with zero attached hydrogens (tertiary/aromatic N) is 2. The van der Waals surface area contributed by atoms with Gasteiger partial charge in [0.1, 0.15) is 5.75 Å². The van der Waals surface area contributed by atoms with Crippen molar-refractivity contribution in [3.05, 3.63) is 48.2 Å². The maximum atomic E-state index is 9.14. The lowest BCUT2D eigenvalue weighted by atomic mass is 10.0. The molecule has 0 aliphatic heterocycles. The van der Waals surface area contributed by atoms with E-state index < -0.39 is 0 Å². The molecule has 2 aromatic rings. The van der Waals surface area contributed by atoms with E-state index in [0.717, 1.165) is 36.3 Å². The number of nitriles is 1. The van der Waals surface area contributed by atoms with Crippen molar-refractivity contribution in [3.8, 4) is 23.1 Å². The molecule has 1 aromatic heterocycles. The highest BCUT2D eigenvalue weighted by Gasteiger charge is 2.10. The molecule has 0 N–H and O–H groups in total. The van der Waals surface area contributed by atoms with Gasteiger partial charge in [0.25, 0.3) is 0 Å². The van der Waals surface area contributed by atoms with E-state index in [0.29, 0.717) is 6.61 Å². The monoisotopic (exact) mass is 434 g/mol. The normalized spacial score (nSPS) is 11.8. The molecule has 1 aromatic carbocycles. The second-order valence-electron chi connectivity index (χ2n) is 8.85. The molecule has 0 fully saturated rings. The van der Waals surface area contributed by atoms with Crippen LogP contribution in [0.15, 0.2) is 42.6 Å². The smallest absolute Gasteiger partial charge is 0.128 e. The zero-order chi connectivity index (χ0) is 22.9. The van der Waals surface area contributed by atoms with Crippen molar-refractivity contribution < 1.29 is 4.74 Å². The molecule has 174 valence electrons. The number of hydrogen-bond acceptors (Lipinski definition) is 3. The van der Waals surface area contributed by atoms with Gasteiger partial charge in [0.2, 0.25) is 0 Å². The van der Waals surface area contributed by atoms with Gasteiger partial charge in [-0.3, -0.25) is 4.98 Å². The Hall–Kier alpha value is -2.34. The summed E-state index contributed by atoms with van der Waals surface area (Å²) in [6, 6.07) is 14.8. The van der Waals surface area contributed by atoms with Gasteiger partial charge in [0, 0.05) is 17.7 Å². The molecule has 3 heteroatoms. The highest BCUT2D eigenvalue weighted by atomic mass is 16.5. The molecule has 0 saturated carbocycles. The van der Waals surface area contributed by atoms with Crippen LogP contribution in [0, 0.1) is 17.2 Å². The van der Waals surface area contributed by atoms with E-state index in [-0.39, 0.29) is 5.92 Å².